The summed E-state index contributed by atoms with van der Waals surface area (Å²) < 4.78 is 6.73. The van der Waals surface area contributed by atoms with E-state index in [0.29, 0.717) is 18.1 Å². The molecule has 4 aromatic rings. The summed E-state index contributed by atoms with van der Waals surface area (Å²) in [6.07, 6.45) is 3.33. The van der Waals surface area contributed by atoms with Crippen molar-refractivity contribution in [3.63, 3.8) is 0 Å². The minimum Gasteiger partial charge on any atom is -0.332 e. The Kier molecular flexibility index (Phi) is 4.33. The molecule has 0 radical (unpaired) electrons. The summed E-state index contributed by atoms with van der Waals surface area (Å²) in [6, 6.07) is 12.8. The molecule has 0 saturated carbocycles. The van der Waals surface area contributed by atoms with E-state index in [9.17, 15) is 4.79 Å². The topological polar surface area (TPSA) is 86.7 Å². The predicted octanol–water partition coefficient (Wildman–Crippen LogP) is 3.02. The number of aromatic nitrogens is 5. The van der Waals surface area contributed by atoms with Gasteiger partial charge < -0.3 is 4.52 Å². The van der Waals surface area contributed by atoms with Crippen LogP contribution in [0.25, 0.3) is 23.0 Å². The van der Waals surface area contributed by atoms with Gasteiger partial charge in [-0.3, -0.25) is 9.78 Å². The highest BCUT2D eigenvalue weighted by atomic mass is 16.5. The Morgan fingerprint density at radius 3 is 2.81 bits per heavy atom. The summed E-state index contributed by atoms with van der Waals surface area (Å²) in [6.45, 7) is 4.42. The SMILES string of the molecule is Cc1ccc(C)c(Cn2nc(-c3nc(-c4cccnc4)no3)ccc2=O)c1. The fourth-order valence-corrected chi connectivity index (χ4v) is 2.75. The third-order valence-corrected chi connectivity index (χ3v) is 4.26. The Balaban J connectivity index is 1.68. The van der Waals surface area contributed by atoms with Crippen LogP contribution in [0.1, 0.15) is 16.7 Å². The highest BCUT2D eigenvalue weighted by Gasteiger charge is 2.13. The van der Waals surface area contributed by atoms with Gasteiger partial charge in [0.2, 0.25) is 5.82 Å². The van der Waals surface area contributed by atoms with Gasteiger partial charge in [0.25, 0.3) is 11.4 Å². The van der Waals surface area contributed by atoms with E-state index in [1.165, 1.54) is 10.7 Å². The van der Waals surface area contributed by atoms with E-state index in [1.807, 2.05) is 32.0 Å². The van der Waals surface area contributed by atoms with E-state index >= 15 is 0 Å². The lowest BCUT2D eigenvalue weighted by Crippen LogP contribution is -2.23. The van der Waals surface area contributed by atoms with Gasteiger partial charge in [0.1, 0.15) is 5.69 Å². The van der Waals surface area contributed by atoms with Crippen molar-refractivity contribution in [1.82, 2.24) is 24.9 Å². The fraction of sp³-hybridized carbons (Fsp3) is 0.150. The quantitative estimate of drug-likeness (QED) is 0.557. The summed E-state index contributed by atoms with van der Waals surface area (Å²) in [5, 5.41) is 8.38. The van der Waals surface area contributed by atoms with Gasteiger partial charge in [-0.15, -0.1) is 0 Å². The predicted molar refractivity (Wildman–Crippen MR) is 100 cm³/mol. The van der Waals surface area contributed by atoms with E-state index in [1.54, 1.807) is 24.5 Å². The van der Waals surface area contributed by atoms with Gasteiger partial charge in [0, 0.05) is 24.0 Å². The van der Waals surface area contributed by atoms with Crippen LogP contribution in [-0.2, 0) is 6.54 Å². The molecule has 0 saturated heterocycles. The van der Waals surface area contributed by atoms with Crippen LogP contribution < -0.4 is 5.56 Å². The number of hydrogen-bond donors (Lipinski definition) is 0. The van der Waals surface area contributed by atoms with E-state index in [-0.39, 0.29) is 11.4 Å². The van der Waals surface area contributed by atoms with Crippen molar-refractivity contribution in [2.75, 3.05) is 0 Å². The van der Waals surface area contributed by atoms with Gasteiger partial charge in [-0.2, -0.15) is 10.1 Å². The summed E-state index contributed by atoms with van der Waals surface area (Å²) in [5.74, 6) is 0.677. The molecule has 27 heavy (non-hydrogen) atoms. The van der Waals surface area contributed by atoms with Crippen LogP contribution in [0.4, 0.5) is 0 Å². The van der Waals surface area contributed by atoms with Crippen molar-refractivity contribution in [3.8, 4) is 23.0 Å². The van der Waals surface area contributed by atoms with E-state index in [4.69, 9.17) is 4.52 Å². The van der Waals surface area contributed by atoms with Crippen molar-refractivity contribution >= 4 is 0 Å². The molecule has 3 aromatic heterocycles. The highest BCUT2D eigenvalue weighted by molar-refractivity contribution is 5.56. The average molecular weight is 359 g/mol. The number of benzene rings is 1. The number of rotatable bonds is 4. The molecule has 0 N–H and O–H groups in total. The molecule has 0 bridgehead atoms. The molecule has 0 aliphatic rings. The normalized spacial score (nSPS) is 10.9. The van der Waals surface area contributed by atoms with Crippen LogP contribution in [-0.4, -0.2) is 24.9 Å². The smallest absolute Gasteiger partial charge is 0.278 e. The molecule has 7 nitrogen and oxygen atoms in total. The first kappa shape index (κ1) is 16.8. The molecule has 0 fully saturated rings. The average Bonchev–Trinajstić information content (AvgIpc) is 3.17. The number of aryl methyl sites for hydroxylation is 2. The highest BCUT2D eigenvalue weighted by Crippen LogP contribution is 2.19. The Bertz CT molecular complexity index is 1150. The summed E-state index contributed by atoms with van der Waals surface area (Å²) in [7, 11) is 0. The zero-order chi connectivity index (χ0) is 18.8. The van der Waals surface area contributed by atoms with Crippen LogP contribution in [0.15, 0.2) is 64.2 Å². The molecule has 0 amide bonds. The van der Waals surface area contributed by atoms with Crippen LogP contribution >= 0.6 is 0 Å². The minimum absolute atomic E-state index is 0.188. The first-order valence-corrected chi connectivity index (χ1v) is 8.49. The largest absolute Gasteiger partial charge is 0.332 e. The second-order valence-corrected chi connectivity index (χ2v) is 6.31. The zero-order valence-electron chi connectivity index (χ0n) is 15.0. The molecule has 4 rings (SSSR count). The maximum absolute atomic E-state index is 12.3. The van der Waals surface area contributed by atoms with Crippen LogP contribution in [0.5, 0.6) is 0 Å². The Labute approximate surface area is 155 Å². The second-order valence-electron chi connectivity index (χ2n) is 6.31. The lowest BCUT2D eigenvalue weighted by atomic mass is 10.1. The van der Waals surface area contributed by atoms with Gasteiger partial charge >= 0.3 is 0 Å². The van der Waals surface area contributed by atoms with Gasteiger partial charge in [-0.1, -0.05) is 28.9 Å². The molecule has 0 unspecified atom stereocenters. The maximum atomic E-state index is 12.3. The monoisotopic (exact) mass is 359 g/mol. The summed E-state index contributed by atoms with van der Waals surface area (Å²) in [4.78, 5) is 20.7. The maximum Gasteiger partial charge on any atom is 0.278 e. The van der Waals surface area contributed by atoms with Crippen molar-refractivity contribution in [2.45, 2.75) is 20.4 Å². The summed E-state index contributed by atoms with van der Waals surface area (Å²) in [5.41, 5.74) is 4.29. The van der Waals surface area contributed by atoms with Gasteiger partial charge in [-0.05, 0) is 43.2 Å². The first-order valence-electron chi connectivity index (χ1n) is 8.49. The molecule has 0 spiro atoms. The zero-order valence-corrected chi connectivity index (χ0v) is 15.0. The van der Waals surface area contributed by atoms with Crippen LogP contribution in [0, 0.1) is 13.8 Å². The minimum atomic E-state index is -0.188. The van der Waals surface area contributed by atoms with E-state index in [0.717, 1.165) is 22.3 Å². The van der Waals surface area contributed by atoms with E-state index < -0.39 is 0 Å². The van der Waals surface area contributed by atoms with Crippen molar-refractivity contribution in [3.05, 3.63) is 81.9 Å². The lowest BCUT2D eigenvalue weighted by molar-refractivity contribution is 0.429. The molecular formula is C20H17N5O2. The third-order valence-electron chi connectivity index (χ3n) is 4.26. The Morgan fingerprint density at radius 2 is 2.00 bits per heavy atom. The van der Waals surface area contributed by atoms with Crippen LogP contribution in [0.2, 0.25) is 0 Å². The molecule has 0 atom stereocenters. The first-order chi connectivity index (χ1) is 13.1. The molecule has 0 aliphatic heterocycles. The standard InChI is InChI=1S/C20H17N5O2/c1-13-5-6-14(2)16(10-13)12-25-18(26)8-7-17(23-25)20-22-19(24-27-20)15-4-3-9-21-11-15/h3-11H,12H2,1-2H3. The van der Waals surface area contributed by atoms with Crippen molar-refractivity contribution < 1.29 is 4.52 Å². The molecule has 134 valence electrons. The van der Waals surface area contributed by atoms with Crippen LogP contribution in [0.3, 0.4) is 0 Å². The third kappa shape index (κ3) is 3.52. The molecular weight excluding hydrogens is 342 g/mol. The Morgan fingerprint density at radius 1 is 1.11 bits per heavy atom. The van der Waals surface area contributed by atoms with Crippen molar-refractivity contribution in [2.24, 2.45) is 0 Å². The van der Waals surface area contributed by atoms with E-state index in [2.05, 4.69) is 26.3 Å². The molecule has 7 heteroatoms. The van der Waals surface area contributed by atoms with Gasteiger partial charge in [-0.25, -0.2) is 4.68 Å². The number of nitrogens with zero attached hydrogens (tertiary/aromatic N) is 5. The van der Waals surface area contributed by atoms with Crippen molar-refractivity contribution in [1.29, 1.82) is 0 Å². The number of hydrogen-bond acceptors (Lipinski definition) is 6. The van der Waals surface area contributed by atoms with Gasteiger partial charge in [0.05, 0.1) is 6.54 Å². The molecule has 0 aliphatic carbocycles. The number of pyridine rings is 1. The molecule has 3 heterocycles. The second kappa shape index (κ2) is 6.95. The Hall–Kier alpha value is -3.61. The lowest BCUT2D eigenvalue weighted by Gasteiger charge is -2.09. The fourth-order valence-electron chi connectivity index (χ4n) is 2.75. The molecule has 1 aromatic carbocycles. The van der Waals surface area contributed by atoms with Gasteiger partial charge in [0.15, 0.2) is 0 Å². The summed E-state index contributed by atoms with van der Waals surface area (Å²) >= 11 is 0.